The van der Waals surface area contributed by atoms with E-state index in [-0.39, 0.29) is 0 Å². The van der Waals surface area contributed by atoms with Gasteiger partial charge in [0.15, 0.2) is 0 Å². The van der Waals surface area contributed by atoms with E-state index in [2.05, 4.69) is 27.8 Å². The van der Waals surface area contributed by atoms with Gasteiger partial charge in [-0.05, 0) is 19.3 Å². The average molecular weight is 253 g/mol. The van der Waals surface area contributed by atoms with E-state index >= 15 is 0 Å². The molecule has 0 N–H and O–H groups in total. The van der Waals surface area contributed by atoms with Crippen LogP contribution in [0.25, 0.3) is 0 Å². The molecule has 0 spiro atoms. The van der Waals surface area contributed by atoms with Crippen molar-refractivity contribution >= 4 is 10.1 Å². The monoisotopic (exact) mass is 253 g/mol. The second-order valence-electron chi connectivity index (χ2n) is 4.49. The van der Waals surface area contributed by atoms with Crippen molar-refractivity contribution in [3.63, 3.8) is 0 Å². The highest BCUT2D eigenvalue weighted by Crippen LogP contribution is 2.06. The molecule has 0 aliphatic heterocycles. The molecule has 0 atom stereocenters. The maximum Gasteiger partial charge on any atom is 0.0916 e. The Morgan fingerprint density at radius 1 is 0.938 bits per heavy atom. The Morgan fingerprint density at radius 2 is 1.12 bits per heavy atom. The molecule has 5 heteroatoms. The first-order valence-electron chi connectivity index (χ1n) is 5.93. The molecule has 0 saturated heterocycles. The number of quaternary nitrogens is 1. The van der Waals surface area contributed by atoms with Gasteiger partial charge in [-0.1, -0.05) is 20.8 Å². The van der Waals surface area contributed by atoms with Gasteiger partial charge >= 0.3 is 0 Å². The third-order valence-corrected chi connectivity index (χ3v) is 2.29. The highest BCUT2D eigenvalue weighted by atomic mass is 32.2. The van der Waals surface area contributed by atoms with Crippen LogP contribution in [0.1, 0.15) is 40.0 Å². The summed E-state index contributed by atoms with van der Waals surface area (Å²) in [6.07, 6.45) is 4.55. The lowest BCUT2D eigenvalue weighted by molar-refractivity contribution is -0.909. The molecule has 0 saturated carbocycles. The molecular weight excluding hydrogens is 226 g/mol. The van der Waals surface area contributed by atoms with E-state index in [9.17, 15) is 0 Å². The Bertz CT molecular complexity index is 225. The minimum absolute atomic E-state index is 0.604. The predicted octanol–water partition coefficient (Wildman–Crippen LogP) is 1.82. The second-order valence-corrected chi connectivity index (χ2v) is 5.90. The van der Waals surface area contributed by atoms with Gasteiger partial charge in [0.2, 0.25) is 0 Å². The maximum absolute atomic E-state index is 9.08. The van der Waals surface area contributed by atoms with Gasteiger partial charge < -0.3 is 9.04 Å². The van der Waals surface area contributed by atoms with Gasteiger partial charge in [-0.15, -0.1) is 0 Å². The molecular formula is C11H27NO3S. The van der Waals surface area contributed by atoms with Crippen molar-refractivity contribution in [1.82, 2.24) is 0 Å². The molecule has 0 radical (unpaired) electrons. The average Bonchev–Trinajstić information content (AvgIpc) is 2.01. The smallest absolute Gasteiger partial charge is 0.0916 e. The molecule has 0 aliphatic carbocycles. The molecule has 4 nitrogen and oxygen atoms in total. The van der Waals surface area contributed by atoms with Gasteiger partial charge in [0.25, 0.3) is 0 Å². The summed E-state index contributed by atoms with van der Waals surface area (Å²) in [5.74, 6) is 0. The van der Waals surface area contributed by atoms with Crippen LogP contribution < -0.4 is 0 Å². The third-order valence-electron chi connectivity index (χ3n) is 2.29. The van der Waals surface area contributed by atoms with Crippen LogP contribution in [0, 0.1) is 0 Å². The van der Waals surface area contributed by atoms with Gasteiger partial charge in [0.05, 0.1) is 36.8 Å². The van der Waals surface area contributed by atoms with Crippen molar-refractivity contribution in [2.75, 3.05) is 32.9 Å². The van der Waals surface area contributed by atoms with Crippen molar-refractivity contribution in [3.05, 3.63) is 0 Å². The first-order valence-corrected chi connectivity index (χ1v) is 7.74. The molecule has 0 unspecified atom stereocenters. The first-order chi connectivity index (χ1) is 7.18. The van der Waals surface area contributed by atoms with E-state index in [1.165, 1.54) is 43.4 Å². The van der Waals surface area contributed by atoms with Gasteiger partial charge in [-0.25, -0.2) is 8.42 Å². The SMILES string of the molecule is CCC[N+](C)(CCC)CCC.CS(=O)(=O)[O-]. The molecule has 0 fully saturated rings. The maximum atomic E-state index is 9.08. The second kappa shape index (κ2) is 8.96. The highest BCUT2D eigenvalue weighted by Gasteiger charge is 2.16. The Labute approximate surface area is 101 Å². The minimum atomic E-state index is -3.92. The Hall–Kier alpha value is -0.130. The van der Waals surface area contributed by atoms with E-state index in [1.807, 2.05) is 0 Å². The van der Waals surface area contributed by atoms with Crippen molar-refractivity contribution in [2.45, 2.75) is 40.0 Å². The van der Waals surface area contributed by atoms with E-state index in [4.69, 9.17) is 13.0 Å². The summed E-state index contributed by atoms with van der Waals surface area (Å²) in [7, 11) is -1.53. The van der Waals surface area contributed by atoms with Crippen LogP contribution >= 0.6 is 0 Å². The Balaban J connectivity index is 0. The van der Waals surface area contributed by atoms with Crippen molar-refractivity contribution in [1.29, 1.82) is 0 Å². The van der Waals surface area contributed by atoms with Gasteiger partial charge in [0.1, 0.15) is 0 Å². The van der Waals surface area contributed by atoms with Crippen LogP contribution in [0.15, 0.2) is 0 Å². The summed E-state index contributed by atoms with van der Waals surface area (Å²) >= 11 is 0. The number of hydrogen-bond donors (Lipinski definition) is 0. The van der Waals surface area contributed by atoms with Crippen LogP contribution in [-0.2, 0) is 10.1 Å². The summed E-state index contributed by atoms with van der Waals surface area (Å²) < 4.78 is 28.5. The Morgan fingerprint density at radius 3 is 1.25 bits per heavy atom. The van der Waals surface area contributed by atoms with Gasteiger partial charge in [-0.2, -0.15) is 0 Å². The summed E-state index contributed by atoms with van der Waals surface area (Å²) in [5, 5.41) is 0. The van der Waals surface area contributed by atoms with Crippen LogP contribution in [0.2, 0.25) is 0 Å². The standard InChI is InChI=1S/C10H24N.CH4O3S/c1-5-8-11(4,9-6-2)10-7-3;1-5(2,3)4/h5-10H2,1-4H3;1H3,(H,2,3,4)/q+1;/p-1. The third kappa shape index (κ3) is 16.3. The zero-order chi connectivity index (χ0) is 13.2. The highest BCUT2D eigenvalue weighted by molar-refractivity contribution is 7.84. The molecule has 0 heterocycles. The van der Waals surface area contributed by atoms with Crippen LogP contribution in [0.4, 0.5) is 0 Å². The molecule has 0 aromatic heterocycles. The summed E-state index contributed by atoms with van der Waals surface area (Å²) in [4.78, 5) is 0. The van der Waals surface area contributed by atoms with Crippen molar-refractivity contribution < 1.29 is 17.5 Å². The molecule has 0 aromatic rings. The predicted molar refractivity (Wildman–Crippen MR) is 67.3 cm³/mol. The van der Waals surface area contributed by atoms with Crippen molar-refractivity contribution in [3.8, 4) is 0 Å². The Kier molecular flexibility index (Phi) is 10.2. The fourth-order valence-corrected chi connectivity index (χ4v) is 1.95. The van der Waals surface area contributed by atoms with E-state index in [0.717, 1.165) is 0 Å². The number of nitrogens with zero attached hydrogens (tertiary/aromatic N) is 1. The number of rotatable bonds is 6. The van der Waals surface area contributed by atoms with Crippen molar-refractivity contribution in [2.24, 2.45) is 0 Å². The summed E-state index contributed by atoms with van der Waals surface area (Å²) in [6, 6.07) is 0. The van der Waals surface area contributed by atoms with E-state index in [1.54, 1.807) is 0 Å². The normalized spacial score (nSPS) is 11.9. The molecule has 0 bridgehead atoms. The number of hydrogen-bond acceptors (Lipinski definition) is 3. The quantitative estimate of drug-likeness (QED) is 0.536. The fourth-order valence-electron chi connectivity index (χ4n) is 1.95. The summed E-state index contributed by atoms with van der Waals surface area (Å²) in [6.45, 7) is 10.9. The van der Waals surface area contributed by atoms with Crippen LogP contribution in [0.5, 0.6) is 0 Å². The molecule has 0 aromatic carbocycles. The van der Waals surface area contributed by atoms with E-state index in [0.29, 0.717) is 6.26 Å². The molecule has 0 aliphatic rings. The van der Waals surface area contributed by atoms with Gasteiger partial charge in [0, 0.05) is 6.26 Å². The summed E-state index contributed by atoms with van der Waals surface area (Å²) in [5.41, 5.74) is 0. The minimum Gasteiger partial charge on any atom is -0.748 e. The zero-order valence-corrected chi connectivity index (χ0v) is 12.1. The topological polar surface area (TPSA) is 57.2 Å². The molecule has 100 valence electrons. The molecule has 0 rings (SSSR count). The lowest BCUT2D eigenvalue weighted by atomic mass is 10.2. The lowest BCUT2D eigenvalue weighted by Crippen LogP contribution is -2.45. The largest absolute Gasteiger partial charge is 0.748 e. The van der Waals surface area contributed by atoms with Gasteiger partial charge in [-0.3, -0.25) is 0 Å². The van der Waals surface area contributed by atoms with Crippen LogP contribution in [-0.4, -0.2) is 50.4 Å². The zero-order valence-electron chi connectivity index (χ0n) is 11.3. The fraction of sp³-hybridized carbons (Fsp3) is 1.00. The molecule has 16 heavy (non-hydrogen) atoms. The lowest BCUT2D eigenvalue weighted by Gasteiger charge is -2.33. The molecule has 0 amide bonds. The first kappa shape index (κ1) is 18.2. The van der Waals surface area contributed by atoms with Crippen LogP contribution in [0.3, 0.4) is 0 Å². The van der Waals surface area contributed by atoms with E-state index < -0.39 is 10.1 Å².